The van der Waals surface area contributed by atoms with E-state index in [-0.39, 0.29) is 5.78 Å². The van der Waals surface area contributed by atoms with Gasteiger partial charge < -0.3 is 9.47 Å². The van der Waals surface area contributed by atoms with Crippen LogP contribution < -0.4 is 9.47 Å². The van der Waals surface area contributed by atoms with Crippen LogP contribution in [0.5, 0.6) is 11.5 Å². The first-order valence-corrected chi connectivity index (χ1v) is 6.49. The van der Waals surface area contributed by atoms with Crippen molar-refractivity contribution in [2.24, 2.45) is 0 Å². The Bertz CT molecular complexity index is 706. The van der Waals surface area contributed by atoms with Crippen LogP contribution in [0, 0.1) is 11.8 Å². The highest BCUT2D eigenvalue weighted by Gasteiger charge is 2.12. The molecule has 0 aliphatic rings. The highest BCUT2D eigenvalue weighted by Crippen LogP contribution is 2.30. The average molecular weight is 280 g/mol. The van der Waals surface area contributed by atoms with Gasteiger partial charge in [0.15, 0.2) is 17.3 Å². The Morgan fingerprint density at radius 3 is 2.14 bits per heavy atom. The molecule has 0 radical (unpaired) electrons. The molecule has 0 bridgehead atoms. The molecule has 0 aliphatic heterocycles. The fourth-order valence-electron chi connectivity index (χ4n) is 1.93. The summed E-state index contributed by atoms with van der Waals surface area (Å²) in [4.78, 5) is 11.8. The van der Waals surface area contributed by atoms with Gasteiger partial charge in [0.1, 0.15) is 0 Å². The van der Waals surface area contributed by atoms with Crippen molar-refractivity contribution in [3.05, 3.63) is 59.2 Å². The molecule has 0 unspecified atom stereocenters. The molecule has 0 heterocycles. The van der Waals surface area contributed by atoms with E-state index in [0.717, 1.165) is 5.56 Å². The molecule has 0 amide bonds. The van der Waals surface area contributed by atoms with Crippen LogP contribution in [0.15, 0.2) is 42.5 Å². The van der Waals surface area contributed by atoms with Crippen LogP contribution in [-0.4, -0.2) is 20.0 Å². The SMILES string of the molecule is COc1cc(C#Cc2ccccc2)c(C(C)=O)cc1OC. The van der Waals surface area contributed by atoms with Crippen LogP contribution in [0.25, 0.3) is 0 Å². The number of benzene rings is 2. The highest BCUT2D eigenvalue weighted by molar-refractivity contribution is 5.97. The molecule has 0 saturated carbocycles. The maximum Gasteiger partial charge on any atom is 0.162 e. The molecule has 3 heteroatoms. The second-order valence-corrected chi connectivity index (χ2v) is 4.42. The van der Waals surface area contributed by atoms with Crippen LogP contribution in [-0.2, 0) is 0 Å². The standard InChI is InChI=1S/C18H16O3/c1-13(19)16-12-18(21-3)17(20-2)11-15(16)10-9-14-7-5-4-6-8-14/h4-8,11-12H,1-3H3. The van der Waals surface area contributed by atoms with Crippen LogP contribution in [0.1, 0.15) is 28.4 Å². The number of carbonyl (C=O) groups excluding carboxylic acids is 1. The number of rotatable bonds is 3. The third kappa shape index (κ3) is 3.43. The second-order valence-electron chi connectivity index (χ2n) is 4.42. The van der Waals surface area contributed by atoms with E-state index >= 15 is 0 Å². The normalized spacial score (nSPS) is 9.48. The number of hydrogen-bond donors (Lipinski definition) is 0. The van der Waals surface area contributed by atoms with Crippen LogP contribution in [0.4, 0.5) is 0 Å². The van der Waals surface area contributed by atoms with Crippen molar-refractivity contribution in [1.82, 2.24) is 0 Å². The Hall–Kier alpha value is -2.73. The monoisotopic (exact) mass is 280 g/mol. The lowest BCUT2D eigenvalue weighted by Gasteiger charge is -2.10. The maximum absolute atomic E-state index is 11.8. The van der Waals surface area contributed by atoms with Crippen molar-refractivity contribution in [2.75, 3.05) is 14.2 Å². The van der Waals surface area contributed by atoms with Gasteiger partial charge in [-0.05, 0) is 25.1 Å². The Morgan fingerprint density at radius 1 is 0.952 bits per heavy atom. The van der Waals surface area contributed by atoms with Crippen LogP contribution in [0.2, 0.25) is 0 Å². The van der Waals surface area contributed by atoms with E-state index in [4.69, 9.17) is 9.47 Å². The molecule has 2 rings (SSSR count). The molecule has 21 heavy (non-hydrogen) atoms. The van der Waals surface area contributed by atoms with Gasteiger partial charge in [0.2, 0.25) is 0 Å². The summed E-state index contributed by atoms with van der Waals surface area (Å²) in [5, 5.41) is 0. The molecule has 0 atom stereocenters. The molecule has 2 aromatic carbocycles. The van der Waals surface area contributed by atoms with E-state index in [0.29, 0.717) is 22.6 Å². The first kappa shape index (κ1) is 14.7. The van der Waals surface area contributed by atoms with Crippen LogP contribution >= 0.6 is 0 Å². The summed E-state index contributed by atoms with van der Waals surface area (Å²) in [6.45, 7) is 1.51. The first-order valence-electron chi connectivity index (χ1n) is 6.49. The third-order valence-electron chi connectivity index (χ3n) is 3.02. The lowest BCUT2D eigenvalue weighted by Crippen LogP contribution is -2.00. The van der Waals surface area contributed by atoms with Crippen molar-refractivity contribution in [2.45, 2.75) is 6.92 Å². The minimum absolute atomic E-state index is 0.0617. The van der Waals surface area contributed by atoms with Gasteiger partial charge in [-0.15, -0.1) is 0 Å². The Labute approximate surface area is 124 Å². The summed E-state index contributed by atoms with van der Waals surface area (Å²) in [7, 11) is 3.09. The zero-order valence-electron chi connectivity index (χ0n) is 12.3. The molecule has 106 valence electrons. The molecule has 0 saturated heterocycles. The molecular formula is C18H16O3. The molecule has 0 aliphatic carbocycles. The van der Waals surface area contributed by atoms with E-state index in [2.05, 4.69) is 11.8 Å². The highest BCUT2D eigenvalue weighted by atomic mass is 16.5. The van der Waals surface area contributed by atoms with E-state index in [9.17, 15) is 4.79 Å². The molecule has 0 N–H and O–H groups in total. The molecule has 0 fully saturated rings. The summed E-state index contributed by atoms with van der Waals surface area (Å²) < 4.78 is 10.5. The first-order chi connectivity index (χ1) is 10.2. The summed E-state index contributed by atoms with van der Waals surface area (Å²) in [6.07, 6.45) is 0. The van der Waals surface area contributed by atoms with E-state index in [1.54, 1.807) is 19.2 Å². The average Bonchev–Trinajstić information content (AvgIpc) is 2.52. The molecule has 0 aromatic heterocycles. The van der Waals surface area contributed by atoms with Crippen molar-refractivity contribution in [3.63, 3.8) is 0 Å². The number of methoxy groups -OCH3 is 2. The van der Waals surface area contributed by atoms with Crippen molar-refractivity contribution in [3.8, 4) is 23.3 Å². The van der Waals surface area contributed by atoms with Crippen molar-refractivity contribution in [1.29, 1.82) is 0 Å². The summed E-state index contributed by atoms with van der Waals surface area (Å²) in [5.74, 6) is 7.09. The predicted octanol–water partition coefficient (Wildman–Crippen LogP) is 3.31. The van der Waals surface area contributed by atoms with Gasteiger partial charge in [-0.2, -0.15) is 0 Å². The largest absolute Gasteiger partial charge is 0.493 e. The van der Waals surface area contributed by atoms with Gasteiger partial charge in [0.05, 0.1) is 14.2 Å². The van der Waals surface area contributed by atoms with Crippen LogP contribution in [0.3, 0.4) is 0 Å². The summed E-state index contributed by atoms with van der Waals surface area (Å²) >= 11 is 0. The minimum atomic E-state index is -0.0617. The maximum atomic E-state index is 11.8. The summed E-state index contributed by atoms with van der Waals surface area (Å²) in [5.41, 5.74) is 2.04. The van der Waals surface area contributed by atoms with Gasteiger partial charge in [-0.3, -0.25) is 4.79 Å². The third-order valence-corrected chi connectivity index (χ3v) is 3.02. The van der Waals surface area contributed by atoms with Gasteiger partial charge in [-0.25, -0.2) is 0 Å². The number of carbonyl (C=O) groups is 1. The smallest absolute Gasteiger partial charge is 0.162 e. The number of Topliss-reactive ketones (excluding diaryl/α,β-unsaturated/α-hetero) is 1. The van der Waals surface area contributed by atoms with Crippen molar-refractivity contribution >= 4 is 5.78 Å². The molecular weight excluding hydrogens is 264 g/mol. The summed E-state index contributed by atoms with van der Waals surface area (Å²) in [6, 6.07) is 13.0. The van der Waals surface area contributed by atoms with Gasteiger partial charge in [-0.1, -0.05) is 30.0 Å². The number of ketones is 1. The van der Waals surface area contributed by atoms with Crippen molar-refractivity contribution < 1.29 is 14.3 Å². The topological polar surface area (TPSA) is 35.5 Å². The fraction of sp³-hybridized carbons (Fsp3) is 0.167. The fourth-order valence-corrected chi connectivity index (χ4v) is 1.93. The molecule has 0 spiro atoms. The lowest BCUT2D eigenvalue weighted by atomic mass is 10.0. The number of hydrogen-bond acceptors (Lipinski definition) is 3. The van der Waals surface area contributed by atoms with Gasteiger partial charge in [0, 0.05) is 22.8 Å². The Balaban J connectivity index is 2.52. The second kappa shape index (κ2) is 6.62. The lowest BCUT2D eigenvalue weighted by molar-refractivity contribution is 0.101. The Kier molecular flexibility index (Phi) is 4.63. The van der Waals surface area contributed by atoms with E-state index in [1.807, 2.05) is 30.3 Å². The molecule has 2 aromatic rings. The van der Waals surface area contributed by atoms with E-state index < -0.39 is 0 Å². The van der Waals surface area contributed by atoms with Gasteiger partial charge in [0.25, 0.3) is 0 Å². The Morgan fingerprint density at radius 2 is 1.57 bits per heavy atom. The minimum Gasteiger partial charge on any atom is -0.493 e. The van der Waals surface area contributed by atoms with Gasteiger partial charge >= 0.3 is 0 Å². The molecule has 3 nitrogen and oxygen atoms in total. The quantitative estimate of drug-likeness (QED) is 0.639. The zero-order valence-corrected chi connectivity index (χ0v) is 12.3. The zero-order chi connectivity index (χ0) is 15.2. The predicted molar refractivity (Wildman–Crippen MR) is 82.0 cm³/mol. The number of ether oxygens (including phenoxy) is 2. The van der Waals surface area contributed by atoms with E-state index in [1.165, 1.54) is 14.0 Å².